The summed E-state index contributed by atoms with van der Waals surface area (Å²) in [5.74, 6) is 1.18. The monoisotopic (exact) mass is 148 g/mol. The van der Waals surface area contributed by atoms with Gasteiger partial charge in [0.15, 0.2) is 0 Å². The van der Waals surface area contributed by atoms with Crippen molar-refractivity contribution in [3.63, 3.8) is 0 Å². The molecule has 1 unspecified atom stereocenters. The van der Waals surface area contributed by atoms with Crippen LogP contribution in [0.5, 0.6) is 0 Å². The molecule has 0 aromatic rings. The number of nitrogens with two attached hydrogens (primary N) is 1. The third-order valence-electron chi connectivity index (χ3n) is 0.674. The molecular formula is C5H10NO2S. The van der Waals surface area contributed by atoms with E-state index in [2.05, 4.69) is 0 Å². The second-order valence-electron chi connectivity index (χ2n) is 1.50. The molecule has 4 heteroatoms. The second-order valence-corrected chi connectivity index (χ2v) is 2.65. The smallest absolute Gasteiger partial charge is 0.230 e. The average molecular weight is 148 g/mol. The number of aliphatic hydroxyl groups excluding tert-OH is 1. The Hall–Kier alpha value is -0.0600. The summed E-state index contributed by atoms with van der Waals surface area (Å²) in [6, 6.07) is 0. The first kappa shape index (κ1) is 8.94. The van der Waals surface area contributed by atoms with Crippen molar-refractivity contribution in [1.29, 1.82) is 0 Å². The number of aliphatic hydroxyl groups is 1. The van der Waals surface area contributed by atoms with Crippen molar-refractivity contribution >= 4 is 18.0 Å². The number of carbonyl (C=O) groups excluding carboxylic acids is 1. The maximum Gasteiger partial charge on any atom is 0.230 e. The van der Waals surface area contributed by atoms with Crippen LogP contribution in [0.15, 0.2) is 0 Å². The predicted molar refractivity (Wildman–Crippen MR) is 38.1 cm³/mol. The lowest BCUT2D eigenvalue weighted by Crippen LogP contribution is -2.12. The van der Waals surface area contributed by atoms with Crippen molar-refractivity contribution in [2.24, 2.45) is 5.73 Å². The Labute approximate surface area is 58.6 Å². The van der Waals surface area contributed by atoms with E-state index in [0.29, 0.717) is 12.3 Å². The summed E-state index contributed by atoms with van der Waals surface area (Å²) in [5, 5.41) is 8.60. The van der Waals surface area contributed by atoms with Gasteiger partial charge in [-0.05, 0) is 0 Å². The highest BCUT2D eigenvalue weighted by Gasteiger charge is 2.00. The van der Waals surface area contributed by atoms with Gasteiger partial charge in [0.2, 0.25) is 6.29 Å². The lowest BCUT2D eigenvalue weighted by atomic mass is 10.5. The van der Waals surface area contributed by atoms with Crippen molar-refractivity contribution in [3.05, 3.63) is 0 Å². The Morgan fingerprint density at radius 2 is 2.44 bits per heavy atom. The SMILES string of the molecule is NCCSCC(O)[C]=O. The number of thioether (sulfide) groups is 1. The number of hydrogen-bond donors (Lipinski definition) is 2. The Bertz CT molecular complexity index is 79.4. The van der Waals surface area contributed by atoms with Gasteiger partial charge in [-0.2, -0.15) is 11.8 Å². The van der Waals surface area contributed by atoms with E-state index in [1.54, 1.807) is 0 Å². The van der Waals surface area contributed by atoms with Crippen LogP contribution in [-0.4, -0.2) is 35.5 Å². The summed E-state index contributed by atoms with van der Waals surface area (Å²) >= 11 is 1.45. The van der Waals surface area contributed by atoms with Crippen molar-refractivity contribution in [1.82, 2.24) is 0 Å². The molecule has 0 aliphatic carbocycles. The van der Waals surface area contributed by atoms with E-state index in [9.17, 15) is 4.79 Å². The maximum atomic E-state index is 9.68. The minimum absolute atomic E-state index is 0.403. The Morgan fingerprint density at radius 1 is 1.78 bits per heavy atom. The molecule has 0 saturated carbocycles. The molecule has 0 aromatic carbocycles. The molecule has 0 rings (SSSR count). The van der Waals surface area contributed by atoms with E-state index in [1.165, 1.54) is 18.0 Å². The highest BCUT2D eigenvalue weighted by molar-refractivity contribution is 7.99. The zero-order valence-electron chi connectivity index (χ0n) is 5.04. The van der Waals surface area contributed by atoms with Gasteiger partial charge in [0.1, 0.15) is 6.10 Å². The van der Waals surface area contributed by atoms with Crippen LogP contribution < -0.4 is 5.73 Å². The number of rotatable bonds is 5. The summed E-state index contributed by atoms with van der Waals surface area (Å²) in [5.41, 5.74) is 5.16. The van der Waals surface area contributed by atoms with E-state index < -0.39 is 6.10 Å². The molecule has 0 aliphatic rings. The largest absolute Gasteiger partial charge is 0.384 e. The van der Waals surface area contributed by atoms with Gasteiger partial charge < -0.3 is 10.8 Å². The summed E-state index contributed by atoms with van der Waals surface area (Å²) < 4.78 is 0. The first-order valence-corrected chi connectivity index (χ1v) is 3.80. The van der Waals surface area contributed by atoms with Gasteiger partial charge in [0.25, 0.3) is 0 Å². The van der Waals surface area contributed by atoms with Crippen LogP contribution in [0.4, 0.5) is 0 Å². The minimum atomic E-state index is -0.943. The molecule has 1 atom stereocenters. The fourth-order valence-electron chi connectivity index (χ4n) is 0.312. The second kappa shape index (κ2) is 6.07. The standard InChI is InChI=1S/C5H10NO2S/c6-1-2-9-4-5(8)3-7/h5,8H,1-2,4,6H2. The molecule has 0 bridgehead atoms. The van der Waals surface area contributed by atoms with Crippen molar-refractivity contribution < 1.29 is 9.90 Å². The summed E-state index contributed by atoms with van der Waals surface area (Å²) in [6.07, 6.45) is 0.525. The third-order valence-corrected chi connectivity index (χ3v) is 1.75. The summed E-state index contributed by atoms with van der Waals surface area (Å²) in [4.78, 5) is 9.68. The van der Waals surface area contributed by atoms with Gasteiger partial charge in [-0.25, -0.2) is 0 Å². The van der Waals surface area contributed by atoms with E-state index in [4.69, 9.17) is 10.8 Å². The zero-order chi connectivity index (χ0) is 7.11. The molecule has 0 spiro atoms. The van der Waals surface area contributed by atoms with Gasteiger partial charge in [0.05, 0.1) is 0 Å². The molecule has 0 fully saturated rings. The molecule has 1 radical (unpaired) electrons. The highest BCUT2D eigenvalue weighted by atomic mass is 32.2. The third kappa shape index (κ3) is 5.82. The Kier molecular flexibility index (Phi) is 6.03. The molecule has 3 N–H and O–H groups in total. The molecule has 0 heterocycles. The Balaban J connectivity index is 2.96. The molecular weight excluding hydrogens is 138 g/mol. The van der Waals surface area contributed by atoms with E-state index in [-0.39, 0.29) is 0 Å². The average Bonchev–Trinajstić information content (AvgIpc) is 1.89. The first-order valence-electron chi connectivity index (χ1n) is 2.64. The van der Waals surface area contributed by atoms with Crippen LogP contribution in [0.3, 0.4) is 0 Å². The maximum absolute atomic E-state index is 9.68. The van der Waals surface area contributed by atoms with Crippen LogP contribution in [0, 0.1) is 0 Å². The van der Waals surface area contributed by atoms with E-state index in [0.717, 1.165) is 5.75 Å². The zero-order valence-corrected chi connectivity index (χ0v) is 5.86. The van der Waals surface area contributed by atoms with Crippen molar-refractivity contribution in [2.45, 2.75) is 6.10 Å². The molecule has 3 nitrogen and oxygen atoms in total. The molecule has 0 saturated heterocycles. The molecule has 0 aromatic heterocycles. The Morgan fingerprint density at radius 3 is 2.89 bits per heavy atom. The van der Waals surface area contributed by atoms with Gasteiger partial charge >= 0.3 is 0 Å². The van der Waals surface area contributed by atoms with Gasteiger partial charge in [0, 0.05) is 18.1 Å². The predicted octanol–water partition coefficient (Wildman–Crippen LogP) is -0.851. The van der Waals surface area contributed by atoms with Gasteiger partial charge in [-0.15, -0.1) is 0 Å². The van der Waals surface area contributed by atoms with E-state index >= 15 is 0 Å². The summed E-state index contributed by atoms with van der Waals surface area (Å²) in [7, 11) is 0. The van der Waals surface area contributed by atoms with Crippen molar-refractivity contribution in [3.8, 4) is 0 Å². The normalized spacial score (nSPS) is 13.1. The van der Waals surface area contributed by atoms with Crippen LogP contribution in [0.2, 0.25) is 0 Å². The topological polar surface area (TPSA) is 63.3 Å². The van der Waals surface area contributed by atoms with Crippen LogP contribution >= 0.6 is 11.8 Å². The first-order chi connectivity index (χ1) is 4.31. The van der Waals surface area contributed by atoms with Crippen LogP contribution in [-0.2, 0) is 4.79 Å². The van der Waals surface area contributed by atoms with Crippen LogP contribution in [0.25, 0.3) is 0 Å². The summed E-state index contributed by atoms with van der Waals surface area (Å²) in [6.45, 7) is 0.580. The van der Waals surface area contributed by atoms with E-state index in [1.807, 2.05) is 0 Å². The molecule has 53 valence electrons. The number of hydrogen-bond acceptors (Lipinski definition) is 4. The lowest BCUT2D eigenvalue weighted by molar-refractivity contribution is 0.258. The van der Waals surface area contributed by atoms with Gasteiger partial charge in [-0.3, -0.25) is 4.79 Å². The lowest BCUT2D eigenvalue weighted by Gasteiger charge is -1.98. The molecule has 9 heavy (non-hydrogen) atoms. The quantitative estimate of drug-likeness (QED) is 0.498. The molecule has 0 amide bonds. The fourth-order valence-corrected chi connectivity index (χ4v) is 0.937. The highest BCUT2D eigenvalue weighted by Crippen LogP contribution is 1.98. The minimum Gasteiger partial charge on any atom is -0.384 e. The van der Waals surface area contributed by atoms with Crippen molar-refractivity contribution in [2.75, 3.05) is 18.1 Å². The van der Waals surface area contributed by atoms with Crippen LogP contribution in [0.1, 0.15) is 0 Å². The fraction of sp³-hybridized carbons (Fsp3) is 0.800. The molecule has 0 aliphatic heterocycles. The van der Waals surface area contributed by atoms with Gasteiger partial charge in [-0.1, -0.05) is 0 Å².